The predicted molar refractivity (Wildman–Crippen MR) is 111 cm³/mol. The van der Waals surface area contributed by atoms with Gasteiger partial charge in [0, 0.05) is 51.0 Å². The van der Waals surface area contributed by atoms with Crippen molar-refractivity contribution in [2.75, 3.05) is 39.4 Å². The molecule has 0 radical (unpaired) electrons. The largest absolute Gasteiger partial charge is 0.508 e. The number of ether oxygens (including phenoxy) is 1. The fourth-order valence-electron chi connectivity index (χ4n) is 4.30. The number of halogens is 2. The first-order valence-electron chi connectivity index (χ1n) is 9.08. The number of nitrogens with one attached hydrogen (secondary N) is 1. The van der Waals surface area contributed by atoms with Gasteiger partial charge in [0.05, 0.1) is 0 Å². The van der Waals surface area contributed by atoms with Crippen molar-refractivity contribution in [3.8, 4) is 5.75 Å². The molecular formula is C20H28Cl2N2O2. The number of aromatic hydroxyl groups is 1. The summed E-state index contributed by atoms with van der Waals surface area (Å²) in [6, 6.07) is 12.6. The van der Waals surface area contributed by atoms with Crippen molar-refractivity contribution >= 4 is 35.6 Å². The van der Waals surface area contributed by atoms with Gasteiger partial charge in [0.15, 0.2) is 0 Å². The molecule has 2 fully saturated rings. The maximum absolute atomic E-state index is 10.8. The second-order valence-corrected chi connectivity index (χ2v) is 6.90. The summed E-state index contributed by atoms with van der Waals surface area (Å²) in [5.74, 6) is 0.970. The van der Waals surface area contributed by atoms with Gasteiger partial charge in [0.2, 0.25) is 0 Å². The number of benzene rings is 2. The lowest BCUT2D eigenvalue weighted by Gasteiger charge is -2.41. The van der Waals surface area contributed by atoms with Crippen LogP contribution in [0.4, 0.5) is 0 Å². The third kappa shape index (κ3) is 4.26. The second kappa shape index (κ2) is 9.77. The Bertz CT molecular complexity index is 683. The third-order valence-electron chi connectivity index (χ3n) is 5.50. The minimum Gasteiger partial charge on any atom is -0.508 e. The van der Waals surface area contributed by atoms with Crippen molar-refractivity contribution in [2.45, 2.75) is 18.9 Å². The molecule has 2 aromatic rings. The van der Waals surface area contributed by atoms with Gasteiger partial charge in [-0.1, -0.05) is 30.3 Å². The average Bonchev–Trinajstić information content (AvgIpc) is 2.66. The van der Waals surface area contributed by atoms with E-state index in [-0.39, 0.29) is 30.9 Å². The van der Waals surface area contributed by atoms with Crippen LogP contribution in [0.25, 0.3) is 10.8 Å². The Labute approximate surface area is 167 Å². The molecule has 2 aliphatic rings. The smallest absolute Gasteiger partial charge is 0.121 e. The highest BCUT2D eigenvalue weighted by Gasteiger charge is 2.33. The zero-order chi connectivity index (χ0) is 16.4. The number of phenols is 1. The standard InChI is InChI=1S/C20H26N2O2.2ClH/c23-18-6-5-15-3-1-2-4-17(15)19(18)20(16-7-13-24-14-8-16)22-11-9-21-10-12-22;;/h1-6,16,20-21,23H,7-14H2;2*1H/t20-;;/m1../s1. The molecule has 0 bridgehead atoms. The van der Waals surface area contributed by atoms with Crippen LogP contribution in [0.2, 0.25) is 0 Å². The average molecular weight is 399 g/mol. The molecule has 2 saturated heterocycles. The zero-order valence-corrected chi connectivity index (χ0v) is 16.5. The summed E-state index contributed by atoms with van der Waals surface area (Å²) in [6.07, 6.45) is 2.13. The number of phenolic OH excluding ortho intramolecular Hbond substituents is 1. The first-order chi connectivity index (χ1) is 11.8. The molecule has 6 heteroatoms. The molecule has 144 valence electrons. The van der Waals surface area contributed by atoms with Crippen LogP contribution in [0.3, 0.4) is 0 Å². The summed E-state index contributed by atoms with van der Waals surface area (Å²) in [6.45, 7) is 5.77. The molecule has 2 aromatic carbocycles. The molecule has 1 atom stereocenters. The summed E-state index contributed by atoms with van der Waals surface area (Å²) in [5, 5.41) is 16.6. The molecule has 2 N–H and O–H groups in total. The van der Waals surface area contributed by atoms with Crippen LogP contribution in [0.5, 0.6) is 5.75 Å². The van der Waals surface area contributed by atoms with Crippen molar-refractivity contribution in [1.29, 1.82) is 0 Å². The van der Waals surface area contributed by atoms with Crippen molar-refractivity contribution in [1.82, 2.24) is 10.2 Å². The third-order valence-corrected chi connectivity index (χ3v) is 5.50. The summed E-state index contributed by atoms with van der Waals surface area (Å²) in [4.78, 5) is 2.56. The highest BCUT2D eigenvalue weighted by molar-refractivity contribution is 5.88. The van der Waals surface area contributed by atoms with E-state index in [4.69, 9.17) is 4.74 Å². The van der Waals surface area contributed by atoms with Crippen LogP contribution in [-0.2, 0) is 4.74 Å². The van der Waals surface area contributed by atoms with Crippen LogP contribution in [0, 0.1) is 5.92 Å². The van der Waals surface area contributed by atoms with Crippen LogP contribution in [-0.4, -0.2) is 49.4 Å². The lowest BCUT2D eigenvalue weighted by atomic mass is 9.83. The monoisotopic (exact) mass is 398 g/mol. The maximum Gasteiger partial charge on any atom is 0.121 e. The van der Waals surface area contributed by atoms with Crippen molar-refractivity contribution in [2.24, 2.45) is 5.92 Å². The molecule has 0 spiro atoms. The lowest BCUT2D eigenvalue weighted by Crippen LogP contribution is -2.47. The predicted octanol–water partition coefficient (Wildman–Crippen LogP) is 3.76. The molecule has 2 heterocycles. The SMILES string of the molecule is Cl.Cl.Oc1ccc2ccccc2c1[C@@H](C1CCOCC1)N1CCNCC1. The fraction of sp³-hybridized carbons (Fsp3) is 0.500. The topological polar surface area (TPSA) is 44.7 Å². The molecule has 0 aromatic heterocycles. The lowest BCUT2D eigenvalue weighted by molar-refractivity contribution is 0.0211. The molecular weight excluding hydrogens is 371 g/mol. The minimum absolute atomic E-state index is 0. The van der Waals surface area contributed by atoms with Crippen molar-refractivity contribution in [3.63, 3.8) is 0 Å². The normalized spacial score (nSPS) is 20.2. The first-order valence-corrected chi connectivity index (χ1v) is 9.08. The molecule has 26 heavy (non-hydrogen) atoms. The fourth-order valence-corrected chi connectivity index (χ4v) is 4.30. The summed E-state index contributed by atoms with van der Waals surface area (Å²) in [7, 11) is 0. The van der Waals surface area contributed by atoms with Crippen LogP contribution in [0.15, 0.2) is 36.4 Å². The Morgan fingerprint density at radius 1 is 1.00 bits per heavy atom. The number of rotatable bonds is 3. The first kappa shape index (κ1) is 21.3. The van der Waals surface area contributed by atoms with E-state index in [0.717, 1.165) is 57.8 Å². The van der Waals surface area contributed by atoms with E-state index in [9.17, 15) is 5.11 Å². The zero-order valence-electron chi connectivity index (χ0n) is 14.9. The summed E-state index contributed by atoms with van der Waals surface area (Å²) >= 11 is 0. The second-order valence-electron chi connectivity index (χ2n) is 6.90. The molecule has 0 unspecified atom stereocenters. The molecule has 4 nitrogen and oxygen atoms in total. The van der Waals surface area contributed by atoms with Gasteiger partial charge in [-0.3, -0.25) is 4.90 Å². The van der Waals surface area contributed by atoms with Gasteiger partial charge >= 0.3 is 0 Å². The molecule has 4 rings (SSSR count). The van der Waals surface area contributed by atoms with E-state index in [2.05, 4.69) is 34.5 Å². The molecule has 2 aliphatic heterocycles. The Kier molecular flexibility index (Phi) is 7.99. The number of piperazine rings is 1. The Morgan fingerprint density at radius 2 is 1.69 bits per heavy atom. The number of hydrogen-bond donors (Lipinski definition) is 2. The van der Waals surface area contributed by atoms with Gasteiger partial charge in [-0.2, -0.15) is 0 Å². The number of hydrogen-bond acceptors (Lipinski definition) is 4. The van der Waals surface area contributed by atoms with E-state index >= 15 is 0 Å². The van der Waals surface area contributed by atoms with Gasteiger partial charge in [0.25, 0.3) is 0 Å². The maximum atomic E-state index is 10.8. The van der Waals surface area contributed by atoms with Gasteiger partial charge in [-0.05, 0) is 35.6 Å². The van der Waals surface area contributed by atoms with Crippen LogP contribution in [0.1, 0.15) is 24.4 Å². The van der Waals surface area contributed by atoms with E-state index in [1.54, 1.807) is 0 Å². The molecule has 0 aliphatic carbocycles. The van der Waals surface area contributed by atoms with Crippen LogP contribution >= 0.6 is 24.8 Å². The highest BCUT2D eigenvalue weighted by atomic mass is 35.5. The number of fused-ring (bicyclic) bond motifs is 1. The van der Waals surface area contributed by atoms with E-state index in [0.29, 0.717) is 11.7 Å². The minimum atomic E-state index is 0. The highest BCUT2D eigenvalue weighted by Crippen LogP contribution is 2.42. The summed E-state index contributed by atoms with van der Waals surface area (Å²) in [5.41, 5.74) is 1.11. The van der Waals surface area contributed by atoms with Gasteiger partial charge in [0.1, 0.15) is 5.75 Å². The molecule has 0 saturated carbocycles. The number of nitrogens with zero attached hydrogens (tertiary/aromatic N) is 1. The van der Waals surface area contributed by atoms with E-state index in [1.807, 2.05) is 12.1 Å². The van der Waals surface area contributed by atoms with E-state index < -0.39 is 0 Å². The van der Waals surface area contributed by atoms with Crippen molar-refractivity contribution in [3.05, 3.63) is 42.0 Å². The quantitative estimate of drug-likeness (QED) is 0.825. The summed E-state index contributed by atoms with van der Waals surface area (Å²) < 4.78 is 5.60. The van der Waals surface area contributed by atoms with Gasteiger partial charge in [-0.15, -0.1) is 24.8 Å². The van der Waals surface area contributed by atoms with Gasteiger partial charge < -0.3 is 15.2 Å². The van der Waals surface area contributed by atoms with Gasteiger partial charge in [-0.25, -0.2) is 0 Å². The Morgan fingerprint density at radius 3 is 2.42 bits per heavy atom. The van der Waals surface area contributed by atoms with Crippen molar-refractivity contribution < 1.29 is 9.84 Å². The Hall–Kier alpha value is -1.04. The Balaban J connectivity index is 0.00000121. The molecule has 0 amide bonds. The van der Waals surface area contributed by atoms with Crippen LogP contribution < -0.4 is 5.32 Å². The van der Waals surface area contributed by atoms with E-state index in [1.165, 1.54) is 10.8 Å².